The number of rotatable bonds is 5. The molecule has 4 aromatic carbocycles. The Morgan fingerprint density at radius 3 is 2.28 bits per heavy atom. The zero-order chi connectivity index (χ0) is 22.3. The molecule has 160 valence electrons. The average molecular weight is 443 g/mol. The van der Waals surface area contributed by atoms with Crippen LogP contribution in [-0.2, 0) is 4.57 Å². The molecule has 2 N–H and O–H groups in total. The zero-order valence-corrected chi connectivity index (χ0v) is 18.4. The lowest BCUT2D eigenvalue weighted by molar-refractivity contribution is 0.341. The van der Waals surface area contributed by atoms with E-state index in [1.807, 2.05) is 55.5 Å². The molecule has 5 aromatic rings. The van der Waals surface area contributed by atoms with Gasteiger partial charge in [-0.1, -0.05) is 42.5 Å². The van der Waals surface area contributed by atoms with E-state index in [1.165, 1.54) is 6.07 Å². The highest BCUT2D eigenvalue weighted by atomic mass is 31.2. The van der Waals surface area contributed by atoms with E-state index < -0.39 is 7.60 Å². The lowest BCUT2D eigenvalue weighted by Crippen LogP contribution is -2.03. The summed E-state index contributed by atoms with van der Waals surface area (Å²) in [4.78, 5) is 19.0. The monoisotopic (exact) mass is 443 g/mol. The van der Waals surface area contributed by atoms with Crippen molar-refractivity contribution in [3.8, 4) is 22.6 Å². The second-order valence-electron chi connectivity index (χ2n) is 7.61. The number of hydrogen-bond acceptors (Lipinski definition) is 2. The van der Waals surface area contributed by atoms with Crippen LogP contribution in [0.3, 0.4) is 0 Å². The molecule has 0 radical (unpaired) electrons. The Morgan fingerprint density at radius 2 is 1.53 bits per heavy atom. The molecule has 32 heavy (non-hydrogen) atoms. The number of benzene rings is 4. The maximum atomic E-state index is 11.6. The van der Waals surface area contributed by atoms with E-state index in [2.05, 4.69) is 28.8 Å². The Bertz CT molecular complexity index is 1480. The fourth-order valence-electron chi connectivity index (χ4n) is 4.16. The van der Waals surface area contributed by atoms with Crippen LogP contribution in [0.15, 0.2) is 91.0 Å². The highest BCUT2D eigenvalue weighted by Crippen LogP contribution is 2.36. The first-order valence-electron chi connectivity index (χ1n) is 10.4. The molecule has 0 saturated carbocycles. The molecule has 0 bridgehead atoms. The molecule has 0 fully saturated rings. The van der Waals surface area contributed by atoms with E-state index >= 15 is 0 Å². The molecule has 1 aromatic heterocycles. The van der Waals surface area contributed by atoms with Crippen molar-refractivity contribution < 1.29 is 19.1 Å². The van der Waals surface area contributed by atoms with Crippen molar-refractivity contribution in [2.75, 3.05) is 6.61 Å². The first-order valence-corrected chi connectivity index (χ1v) is 12.0. The smallest absolute Gasteiger partial charge is 0.356 e. The first-order chi connectivity index (χ1) is 15.5. The fourth-order valence-corrected chi connectivity index (χ4v) is 4.74. The van der Waals surface area contributed by atoms with E-state index in [0.29, 0.717) is 6.61 Å². The van der Waals surface area contributed by atoms with Crippen molar-refractivity contribution in [2.24, 2.45) is 0 Å². The average Bonchev–Trinajstić information content (AvgIpc) is 3.13. The normalized spacial score (nSPS) is 11.8. The molecule has 0 aliphatic heterocycles. The summed E-state index contributed by atoms with van der Waals surface area (Å²) in [6.45, 7) is 2.60. The number of nitrogens with zero attached hydrogens (tertiary/aromatic N) is 1. The minimum atomic E-state index is -4.29. The molecule has 6 heteroatoms. The largest absolute Gasteiger partial charge is 0.494 e. The topological polar surface area (TPSA) is 71.7 Å². The van der Waals surface area contributed by atoms with E-state index in [1.54, 1.807) is 12.1 Å². The molecule has 0 saturated heterocycles. The summed E-state index contributed by atoms with van der Waals surface area (Å²) in [7, 11) is -4.29. The summed E-state index contributed by atoms with van der Waals surface area (Å²) < 4.78 is 19.6. The van der Waals surface area contributed by atoms with Crippen molar-refractivity contribution in [3.05, 3.63) is 91.0 Å². The third kappa shape index (κ3) is 3.61. The van der Waals surface area contributed by atoms with Crippen LogP contribution in [0.2, 0.25) is 0 Å². The predicted octanol–water partition coefficient (Wildman–Crippen LogP) is 5.65. The lowest BCUT2D eigenvalue weighted by Gasteiger charge is -2.11. The summed E-state index contributed by atoms with van der Waals surface area (Å²) in [5.41, 5.74) is 4.86. The summed E-state index contributed by atoms with van der Waals surface area (Å²) in [6, 6.07) is 29.0. The van der Waals surface area contributed by atoms with Crippen LogP contribution < -0.4 is 10.0 Å². The van der Waals surface area contributed by atoms with Crippen LogP contribution in [-0.4, -0.2) is 21.0 Å². The van der Waals surface area contributed by atoms with Gasteiger partial charge in [-0.2, -0.15) is 0 Å². The highest BCUT2D eigenvalue weighted by Gasteiger charge is 2.17. The van der Waals surface area contributed by atoms with E-state index in [4.69, 9.17) is 4.74 Å². The quantitative estimate of drug-likeness (QED) is 0.344. The van der Waals surface area contributed by atoms with Crippen molar-refractivity contribution in [2.45, 2.75) is 6.92 Å². The molecule has 5 nitrogen and oxygen atoms in total. The number of hydrogen-bond donors (Lipinski definition) is 2. The second kappa shape index (κ2) is 7.95. The van der Waals surface area contributed by atoms with Gasteiger partial charge in [0, 0.05) is 16.5 Å². The van der Waals surface area contributed by atoms with Crippen LogP contribution >= 0.6 is 7.60 Å². The Balaban J connectivity index is 1.63. The molecule has 0 spiro atoms. The van der Waals surface area contributed by atoms with Crippen LogP contribution in [0.1, 0.15) is 6.92 Å². The Morgan fingerprint density at radius 1 is 0.781 bits per heavy atom. The molecule has 0 aliphatic rings. The van der Waals surface area contributed by atoms with Crippen molar-refractivity contribution in [1.82, 2.24) is 4.57 Å². The summed E-state index contributed by atoms with van der Waals surface area (Å²) >= 11 is 0. The third-order valence-electron chi connectivity index (χ3n) is 5.60. The zero-order valence-electron chi connectivity index (χ0n) is 17.5. The number of ether oxygens (including phenoxy) is 1. The van der Waals surface area contributed by atoms with Crippen LogP contribution in [0.5, 0.6) is 5.75 Å². The van der Waals surface area contributed by atoms with Crippen molar-refractivity contribution in [1.29, 1.82) is 0 Å². The maximum absolute atomic E-state index is 11.6. The van der Waals surface area contributed by atoms with E-state index in [0.717, 1.165) is 44.4 Å². The van der Waals surface area contributed by atoms with Gasteiger partial charge in [-0.05, 0) is 66.6 Å². The fraction of sp³-hybridized carbons (Fsp3) is 0.0769. The summed E-state index contributed by atoms with van der Waals surface area (Å²) in [5, 5.41) is 2.30. The minimum Gasteiger partial charge on any atom is -0.494 e. The Labute approximate surface area is 185 Å². The van der Waals surface area contributed by atoms with Gasteiger partial charge in [0.1, 0.15) is 5.75 Å². The van der Waals surface area contributed by atoms with Crippen molar-refractivity contribution >= 4 is 34.7 Å². The van der Waals surface area contributed by atoms with E-state index in [9.17, 15) is 14.4 Å². The van der Waals surface area contributed by atoms with Crippen LogP contribution in [0.25, 0.3) is 38.6 Å². The summed E-state index contributed by atoms with van der Waals surface area (Å²) in [6.07, 6.45) is 0. The molecule has 0 aliphatic carbocycles. The predicted molar refractivity (Wildman–Crippen MR) is 129 cm³/mol. The number of fused-ring (bicyclic) bond motifs is 3. The van der Waals surface area contributed by atoms with Crippen LogP contribution in [0, 0.1) is 0 Å². The third-order valence-corrected chi connectivity index (χ3v) is 6.55. The molecule has 0 amide bonds. The van der Waals surface area contributed by atoms with Crippen LogP contribution in [0.4, 0.5) is 0 Å². The molecule has 0 unspecified atom stereocenters. The molecule has 5 rings (SSSR count). The van der Waals surface area contributed by atoms with Gasteiger partial charge >= 0.3 is 7.60 Å². The minimum absolute atomic E-state index is 0.0200. The summed E-state index contributed by atoms with van der Waals surface area (Å²) in [5.74, 6) is 0.850. The molecule has 1 heterocycles. The van der Waals surface area contributed by atoms with Gasteiger partial charge in [-0.3, -0.25) is 4.57 Å². The Kier molecular flexibility index (Phi) is 5.10. The second-order valence-corrected chi connectivity index (χ2v) is 9.21. The van der Waals surface area contributed by atoms with Gasteiger partial charge in [0.25, 0.3) is 0 Å². The van der Waals surface area contributed by atoms with Gasteiger partial charge in [0.2, 0.25) is 0 Å². The molecule has 0 atom stereocenters. The molecular weight excluding hydrogens is 421 g/mol. The van der Waals surface area contributed by atoms with Gasteiger partial charge in [-0.25, -0.2) is 0 Å². The van der Waals surface area contributed by atoms with Gasteiger partial charge in [0.15, 0.2) is 0 Å². The number of aromatic nitrogens is 1. The highest BCUT2D eigenvalue weighted by molar-refractivity contribution is 7.60. The van der Waals surface area contributed by atoms with Gasteiger partial charge < -0.3 is 19.1 Å². The van der Waals surface area contributed by atoms with E-state index in [-0.39, 0.29) is 5.30 Å². The standard InChI is InChI=1S/C26H22NO4P/c1-2-31-21-14-15-26-24(17-21)23-8-3-4-9-25(23)27(26)20-12-10-18(11-13-20)19-6-5-7-22(16-19)32(28,29)30/h3-17H,2H2,1H3,(H2,28,29,30). The molecular formula is C26H22NO4P. The van der Waals surface area contributed by atoms with Gasteiger partial charge in [-0.15, -0.1) is 0 Å². The number of para-hydroxylation sites is 1. The van der Waals surface area contributed by atoms with Gasteiger partial charge in [0.05, 0.1) is 22.9 Å². The maximum Gasteiger partial charge on any atom is 0.356 e. The Hall–Kier alpha value is -3.37. The first kappa shape index (κ1) is 20.5. The lowest BCUT2D eigenvalue weighted by atomic mass is 10.1. The van der Waals surface area contributed by atoms with Crippen molar-refractivity contribution in [3.63, 3.8) is 0 Å². The SMILES string of the molecule is CCOc1ccc2c(c1)c1ccccc1n2-c1ccc(-c2cccc(P(=O)(O)O)c2)cc1.